The molecule has 87 heavy (non-hydrogen) atoms. The normalized spacial score (nSPS) is 14.6. The minimum absolute atomic E-state index is 0.102. The van der Waals surface area contributed by atoms with Gasteiger partial charge in [-0.1, -0.05) is 286 Å². The monoisotopic (exact) mass is 1280 g/mol. The van der Waals surface area contributed by atoms with Gasteiger partial charge in [0.2, 0.25) is 0 Å². The van der Waals surface area contributed by atoms with Crippen LogP contribution in [0, 0.1) is 17.8 Å². The summed E-state index contributed by atoms with van der Waals surface area (Å²) in [6, 6.07) is 0. The first-order valence-corrected chi connectivity index (χ1v) is 38.4. The van der Waals surface area contributed by atoms with Crippen molar-refractivity contribution in [2.75, 3.05) is 39.6 Å². The van der Waals surface area contributed by atoms with Gasteiger partial charge in [-0.15, -0.1) is 0 Å². The van der Waals surface area contributed by atoms with Gasteiger partial charge in [0.1, 0.15) is 19.3 Å². The standard InChI is InChI=1S/C68H132O17P2/c1-8-10-11-32-42-49-65(70)78-55-63(85-68(73)52-45-38-31-30-35-41-48-61(7)9-2)57-82-86(74,75)80-53-62(69)54-81-87(76,77)83-58-64(56-79-66(71)50-43-36-28-25-24-27-34-40-47-60(5)6)84-67(72)51-44-37-29-23-21-19-17-15-13-12-14-16-18-20-22-26-33-39-46-59(3)4/h59-64,69H,8-58H2,1-7H3,(H,74,75)(H,76,77)/t61?,62-,63+,64+/m0/s1. The fourth-order valence-electron chi connectivity index (χ4n) is 10.2. The van der Waals surface area contributed by atoms with Crippen molar-refractivity contribution in [3.05, 3.63) is 0 Å². The number of aliphatic hydroxyl groups excluding tert-OH is 1. The third kappa shape index (κ3) is 61.3. The Labute approximate surface area is 530 Å². The summed E-state index contributed by atoms with van der Waals surface area (Å²) in [6.45, 7) is 11.7. The lowest BCUT2D eigenvalue weighted by molar-refractivity contribution is -0.161. The molecule has 0 bridgehead atoms. The number of rotatable bonds is 66. The van der Waals surface area contributed by atoms with Crippen LogP contribution in [-0.2, 0) is 65.4 Å². The number of aliphatic hydroxyl groups is 1. The Balaban J connectivity index is 5.10. The number of phosphoric acid groups is 2. The Bertz CT molecular complexity index is 1720. The lowest BCUT2D eigenvalue weighted by Gasteiger charge is -2.21. The first-order chi connectivity index (χ1) is 41.8. The van der Waals surface area contributed by atoms with E-state index in [9.17, 15) is 43.2 Å². The van der Waals surface area contributed by atoms with Crippen LogP contribution in [0.5, 0.6) is 0 Å². The van der Waals surface area contributed by atoms with Gasteiger partial charge in [0.05, 0.1) is 26.4 Å². The van der Waals surface area contributed by atoms with Gasteiger partial charge in [0, 0.05) is 25.7 Å². The summed E-state index contributed by atoms with van der Waals surface area (Å²) < 4.78 is 67.9. The van der Waals surface area contributed by atoms with Gasteiger partial charge in [0.15, 0.2) is 12.2 Å². The third-order valence-electron chi connectivity index (χ3n) is 16.0. The van der Waals surface area contributed by atoms with Gasteiger partial charge in [-0.05, 0) is 43.4 Å². The highest BCUT2D eigenvalue weighted by molar-refractivity contribution is 7.47. The van der Waals surface area contributed by atoms with Gasteiger partial charge in [-0.25, -0.2) is 9.13 Å². The Morgan fingerprint density at radius 3 is 0.874 bits per heavy atom. The highest BCUT2D eigenvalue weighted by Crippen LogP contribution is 2.45. The molecule has 0 aliphatic carbocycles. The molecule has 0 aromatic carbocycles. The zero-order valence-corrected chi connectivity index (χ0v) is 58.3. The van der Waals surface area contributed by atoms with Gasteiger partial charge in [-0.3, -0.25) is 37.3 Å². The number of carbonyl (C=O) groups excluding carboxylic acids is 4. The summed E-state index contributed by atoms with van der Waals surface area (Å²) in [5, 5.41) is 10.5. The maximum Gasteiger partial charge on any atom is 0.472 e. The fourth-order valence-corrected chi connectivity index (χ4v) is 11.7. The summed E-state index contributed by atoms with van der Waals surface area (Å²) >= 11 is 0. The number of ether oxygens (including phenoxy) is 4. The molecule has 17 nitrogen and oxygen atoms in total. The van der Waals surface area contributed by atoms with Crippen molar-refractivity contribution in [2.24, 2.45) is 17.8 Å². The molecule has 0 aliphatic heterocycles. The van der Waals surface area contributed by atoms with Crippen LogP contribution in [0.1, 0.15) is 337 Å². The van der Waals surface area contributed by atoms with Gasteiger partial charge >= 0.3 is 39.5 Å². The topological polar surface area (TPSA) is 237 Å². The number of phosphoric ester groups is 2. The second-order valence-corrected chi connectivity index (χ2v) is 28.7. The van der Waals surface area contributed by atoms with Crippen LogP contribution in [0.4, 0.5) is 0 Å². The zero-order chi connectivity index (χ0) is 64.5. The molecule has 0 amide bonds. The molecule has 0 aromatic heterocycles. The van der Waals surface area contributed by atoms with Crippen LogP contribution in [0.2, 0.25) is 0 Å². The Morgan fingerprint density at radius 1 is 0.333 bits per heavy atom. The van der Waals surface area contributed by atoms with Crippen molar-refractivity contribution in [3.63, 3.8) is 0 Å². The van der Waals surface area contributed by atoms with E-state index in [1.54, 1.807) is 0 Å². The molecule has 3 N–H and O–H groups in total. The maximum atomic E-state index is 13.0. The Morgan fingerprint density at radius 2 is 0.586 bits per heavy atom. The molecule has 0 spiro atoms. The van der Waals surface area contributed by atoms with E-state index in [2.05, 4.69) is 48.5 Å². The lowest BCUT2D eigenvalue weighted by Crippen LogP contribution is -2.30. The molecule has 516 valence electrons. The van der Waals surface area contributed by atoms with Gasteiger partial charge in [0.25, 0.3) is 0 Å². The van der Waals surface area contributed by atoms with E-state index < -0.39 is 97.5 Å². The second-order valence-electron chi connectivity index (χ2n) is 25.8. The summed E-state index contributed by atoms with van der Waals surface area (Å²) in [6.07, 6.45) is 42.3. The average Bonchev–Trinajstić information content (AvgIpc) is 3.50. The number of esters is 4. The van der Waals surface area contributed by atoms with Gasteiger partial charge < -0.3 is 33.8 Å². The van der Waals surface area contributed by atoms with Crippen LogP contribution in [0.15, 0.2) is 0 Å². The molecule has 0 fully saturated rings. The van der Waals surface area contributed by atoms with Crippen LogP contribution in [0.3, 0.4) is 0 Å². The first-order valence-electron chi connectivity index (χ1n) is 35.4. The third-order valence-corrected chi connectivity index (χ3v) is 17.9. The zero-order valence-electron chi connectivity index (χ0n) is 56.5. The average molecular weight is 1280 g/mol. The molecule has 0 heterocycles. The summed E-state index contributed by atoms with van der Waals surface area (Å²) in [5.74, 6) is 0.123. The van der Waals surface area contributed by atoms with Crippen LogP contribution >= 0.6 is 15.6 Å². The predicted molar refractivity (Wildman–Crippen MR) is 349 cm³/mol. The molecule has 6 atom stereocenters. The van der Waals surface area contributed by atoms with E-state index in [0.29, 0.717) is 25.7 Å². The van der Waals surface area contributed by atoms with Crippen LogP contribution in [0.25, 0.3) is 0 Å². The summed E-state index contributed by atoms with van der Waals surface area (Å²) in [7, 11) is -9.89. The van der Waals surface area contributed by atoms with Crippen molar-refractivity contribution in [2.45, 2.75) is 356 Å². The van der Waals surface area contributed by atoms with Crippen molar-refractivity contribution < 1.29 is 80.2 Å². The SMILES string of the molecule is CCCCCCCC(=O)OC[C@H](COP(=O)(O)OC[C@H](O)COP(=O)(O)OC[C@@H](COC(=O)CCCCCCCCCCC(C)C)OC(=O)CCCCCCCCCCCCCCCCCCCCC(C)C)OC(=O)CCCCCCCCC(C)CC. The van der Waals surface area contributed by atoms with Crippen LogP contribution in [-0.4, -0.2) is 96.7 Å². The molecular weight excluding hydrogens is 1150 g/mol. The lowest BCUT2D eigenvalue weighted by atomic mass is 10.00. The summed E-state index contributed by atoms with van der Waals surface area (Å²) in [5.41, 5.74) is 0. The maximum absolute atomic E-state index is 13.0. The number of hydrogen-bond acceptors (Lipinski definition) is 15. The van der Waals surface area contributed by atoms with Crippen LogP contribution < -0.4 is 0 Å². The molecule has 0 saturated heterocycles. The molecule has 0 aromatic rings. The van der Waals surface area contributed by atoms with Crippen molar-refractivity contribution in [1.29, 1.82) is 0 Å². The first kappa shape index (κ1) is 85.1. The van der Waals surface area contributed by atoms with E-state index in [0.717, 1.165) is 114 Å². The quantitative estimate of drug-likeness (QED) is 0.0222. The Kier molecular flexibility index (Phi) is 57.8. The molecule has 19 heteroatoms. The Hall–Kier alpha value is -1.94. The molecule has 0 saturated carbocycles. The molecule has 0 radical (unpaired) electrons. The number of carbonyl (C=O) groups is 4. The van der Waals surface area contributed by atoms with E-state index >= 15 is 0 Å². The fraction of sp³-hybridized carbons (Fsp3) is 0.941. The number of unbranched alkanes of at least 4 members (excludes halogenated alkanes) is 33. The summed E-state index contributed by atoms with van der Waals surface area (Å²) in [4.78, 5) is 72.1. The molecular formula is C68H132O17P2. The minimum atomic E-state index is -4.95. The minimum Gasteiger partial charge on any atom is -0.462 e. The van der Waals surface area contributed by atoms with Crippen molar-refractivity contribution in [1.82, 2.24) is 0 Å². The van der Waals surface area contributed by atoms with Crippen molar-refractivity contribution >= 4 is 39.5 Å². The molecule has 0 aliphatic rings. The predicted octanol–water partition coefficient (Wildman–Crippen LogP) is 19.1. The van der Waals surface area contributed by atoms with Crippen molar-refractivity contribution in [3.8, 4) is 0 Å². The molecule has 3 unspecified atom stereocenters. The second kappa shape index (κ2) is 59.1. The van der Waals surface area contributed by atoms with E-state index in [4.69, 9.17) is 37.0 Å². The highest BCUT2D eigenvalue weighted by Gasteiger charge is 2.30. The van der Waals surface area contributed by atoms with Gasteiger partial charge in [-0.2, -0.15) is 0 Å². The van der Waals surface area contributed by atoms with E-state index in [1.165, 1.54) is 141 Å². The number of hydrogen-bond donors (Lipinski definition) is 3. The highest BCUT2D eigenvalue weighted by atomic mass is 31.2. The molecule has 0 rings (SSSR count). The smallest absolute Gasteiger partial charge is 0.462 e. The van der Waals surface area contributed by atoms with E-state index in [-0.39, 0.29) is 25.7 Å². The van der Waals surface area contributed by atoms with E-state index in [1.807, 2.05) is 0 Å². The largest absolute Gasteiger partial charge is 0.472 e.